The maximum atomic E-state index is 12.8. The van der Waals surface area contributed by atoms with E-state index < -0.39 is 11.7 Å². The number of carbonyl (C=O) groups is 1. The lowest BCUT2D eigenvalue weighted by atomic mass is 9.94. The number of fused-ring (bicyclic) bond motifs is 1. The first-order chi connectivity index (χ1) is 12.9. The molecule has 0 spiro atoms. The largest absolute Gasteiger partial charge is 0.416 e. The van der Waals surface area contributed by atoms with Gasteiger partial charge in [0.1, 0.15) is 0 Å². The topological polar surface area (TPSA) is 32.3 Å². The quantitative estimate of drug-likeness (QED) is 0.842. The molecule has 0 radical (unpaired) electrons. The maximum absolute atomic E-state index is 12.8. The molecule has 1 saturated carbocycles. The van der Waals surface area contributed by atoms with Gasteiger partial charge in [-0.15, -0.1) is 0 Å². The summed E-state index contributed by atoms with van der Waals surface area (Å²) < 4.78 is 38.3. The molecule has 0 bridgehead atoms. The normalized spacial score (nSPS) is 23.4. The van der Waals surface area contributed by atoms with Crippen molar-refractivity contribution in [2.45, 2.75) is 50.7 Å². The SMILES string of the molecule is O=C(NCCc1cccc(C(F)(F)F)c1)C1=C2CN(C3CCCCC3)CC21. The summed E-state index contributed by atoms with van der Waals surface area (Å²) >= 11 is 0. The minimum atomic E-state index is -4.33. The number of carbonyl (C=O) groups excluding carboxylic acids is 1. The number of amides is 1. The summed E-state index contributed by atoms with van der Waals surface area (Å²) in [7, 11) is 0. The molecule has 3 aliphatic rings. The van der Waals surface area contributed by atoms with Crippen molar-refractivity contribution in [2.24, 2.45) is 5.92 Å². The molecular weight excluding hydrogens is 353 g/mol. The van der Waals surface area contributed by atoms with E-state index in [0.29, 0.717) is 30.5 Å². The molecule has 1 unspecified atom stereocenters. The van der Waals surface area contributed by atoms with Gasteiger partial charge in [-0.2, -0.15) is 13.2 Å². The summed E-state index contributed by atoms with van der Waals surface area (Å²) in [6, 6.07) is 5.98. The summed E-state index contributed by atoms with van der Waals surface area (Å²) in [5.74, 6) is 0.283. The second kappa shape index (κ2) is 7.30. The van der Waals surface area contributed by atoms with Crippen LogP contribution in [0.2, 0.25) is 0 Å². The molecule has 0 aromatic heterocycles. The van der Waals surface area contributed by atoms with Gasteiger partial charge in [0, 0.05) is 37.2 Å². The molecule has 1 amide bonds. The first kappa shape index (κ1) is 18.5. The molecule has 1 saturated heterocycles. The van der Waals surface area contributed by atoms with E-state index in [-0.39, 0.29) is 5.91 Å². The zero-order valence-electron chi connectivity index (χ0n) is 15.3. The van der Waals surface area contributed by atoms with Gasteiger partial charge in [-0.1, -0.05) is 37.5 Å². The highest BCUT2D eigenvalue weighted by Crippen LogP contribution is 2.47. The Kier molecular flexibility index (Phi) is 5.01. The van der Waals surface area contributed by atoms with Gasteiger partial charge >= 0.3 is 6.18 Å². The van der Waals surface area contributed by atoms with Crippen molar-refractivity contribution in [3.8, 4) is 0 Å². The van der Waals surface area contributed by atoms with Crippen molar-refractivity contribution in [3.63, 3.8) is 0 Å². The fourth-order valence-electron chi connectivity index (χ4n) is 4.58. The number of benzene rings is 1. The number of nitrogens with zero attached hydrogens (tertiary/aromatic N) is 1. The van der Waals surface area contributed by atoms with E-state index in [4.69, 9.17) is 0 Å². The molecule has 1 aliphatic heterocycles. The standard InChI is InChI=1S/C21H25F3N2O/c22-21(23,24)15-6-4-5-14(11-15)9-10-25-20(27)19-17-12-26(13-18(17)19)16-7-2-1-3-8-16/h4-6,11,16-17H,1-3,7-10,12-13H2,(H,25,27). The third kappa shape index (κ3) is 4.05. The summed E-state index contributed by atoms with van der Waals surface area (Å²) in [5, 5.41) is 2.88. The van der Waals surface area contributed by atoms with Gasteiger partial charge in [0.25, 0.3) is 0 Å². The fourth-order valence-corrected chi connectivity index (χ4v) is 4.58. The van der Waals surface area contributed by atoms with Crippen LogP contribution in [-0.2, 0) is 17.4 Å². The van der Waals surface area contributed by atoms with Crippen LogP contribution in [0, 0.1) is 5.92 Å². The summed E-state index contributed by atoms with van der Waals surface area (Å²) in [5.41, 5.74) is 2.14. The van der Waals surface area contributed by atoms with Crippen LogP contribution < -0.4 is 5.32 Å². The monoisotopic (exact) mass is 378 g/mol. The molecule has 6 heteroatoms. The Morgan fingerprint density at radius 3 is 2.63 bits per heavy atom. The van der Waals surface area contributed by atoms with E-state index in [0.717, 1.165) is 30.8 Å². The van der Waals surface area contributed by atoms with Crippen LogP contribution in [0.1, 0.15) is 43.2 Å². The zero-order chi connectivity index (χ0) is 19.0. The number of nitrogens with one attached hydrogen (secondary N) is 1. The van der Waals surface area contributed by atoms with E-state index in [2.05, 4.69) is 10.2 Å². The Morgan fingerprint density at radius 1 is 1.19 bits per heavy atom. The van der Waals surface area contributed by atoms with E-state index in [1.165, 1.54) is 43.7 Å². The van der Waals surface area contributed by atoms with Crippen LogP contribution in [0.25, 0.3) is 0 Å². The van der Waals surface area contributed by atoms with Crippen molar-refractivity contribution < 1.29 is 18.0 Å². The smallest absolute Gasteiger partial charge is 0.352 e. The summed E-state index contributed by atoms with van der Waals surface area (Å²) in [4.78, 5) is 14.9. The second-order valence-corrected chi connectivity index (χ2v) is 7.92. The van der Waals surface area contributed by atoms with Gasteiger partial charge in [0.15, 0.2) is 0 Å². The van der Waals surface area contributed by atoms with Crippen LogP contribution in [0.4, 0.5) is 13.2 Å². The lowest BCUT2D eigenvalue weighted by Gasteiger charge is -2.31. The highest BCUT2D eigenvalue weighted by atomic mass is 19.4. The predicted molar refractivity (Wildman–Crippen MR) is 97.1 cm³/mol. The van der Waals surface area contributed by atoms with Crippen LogP contribution >= 0.6 is 0 Å². The average molecular weight is 378 g/mol. The van der Waals surface area contributed by atoms with E-state index in [9.17, 15) is 18.0 Å². The molecule has 1 atom stereocenters. The van der Waals surface area contributed by atoms with Crippen LogP contribution in [0.5, 0.6) is 0 Å². The first-order valence-electron chi connectivity index (χ1n) is 9.85. The van der Waals surface area contributed by atoms with Gasteiger partial charge in [0.05, 0.1) is 5.56 Å². The molecule has 2 aliphatic carbocycles. The van der Waals surface area contributed by atoms with Gasteiger partial charge in [0.2, 0.25) is 5.91 Å². The summed E-state index contributed by atoms with van der Waals surface area (Å²) in [6.45, 7) is 2.25. The molecule has 1 aromatic carbocycles. The van der Waals surface area contributed by atoms with Gasteiger partial charge in [-0.25, -0.2) is 0 Å². The van der Waals surface area contributed by atoms with Gasteiger partial charge < -0.3 is 5.32 Å². The highest BCUT2D eigenvalue weighted by Gasteiger charge is 2.48. The Labute approximate surface area is 157 Å². The number of likely N-dealkylation sites (tertiary alicyclic amines) is 1. The number of hydrogen-bond donors (Lipinski definition) is 1. The van der Waals surface area contributed by atoms with E-state index in [1.807, 2.05) is 0 Å². The zero-order valence-corrected chi connectivity index (χ0v) is 15.3. The molecule has 2 fully saturated rings. The lowest BCUT2D eigenvalue weighted by Crippen LogP contribution is -2.36. The number of halogens is 3. The molecule has 3 nitrogen and oxygen atoms in total. The van der Waals surface area contributed by atoms with E-state index >= 15 is 0 Å². The molecule has 27 heavy (non-hydrogen) atoms. The minimum Gasteiger partial charge on any atom is -0.352 e. The number of hydrogen-bond acceptors (Lipinski definition) is 2. The molecule has 1 heterocycles. The molecule has 146 valence electrons. The number of rotatable bonds is 5. The molecular formula is C21H25F3N2O. The Hall–Kier alpha value is -1.82. The van der Waals surface area contributed by atoms with Crippen molar-refractivity contribution >= 4 is 5.91 Å². The number of alkyl halides is 3. The Bertz CT molecular complexity index is 750. The predicted octanol–water partition coefficient (Wildman–Crippen LogP) is 3.94. The van der Waals surface area contributed by atoms with E-state index in [1.54, 1.807) is 6.07 Å². The van der Waals surface area contributed by atoms with Gasteiger partial charge in [-0.05, 0) is 36.5 Å². The van der Waals surface area contributed by atoms with Crippen LogP contribution in [0.3, 0.4) is 0 Å². The molecule has 1 N–H and O–H groups in total. The van der Waals surface area contributed by atoms with Crippen LogP contribution in [-0.4, -0.2) is 36.5 Å². The van der Waals surface area contributed by atoms with Crippen molar-refractivity contribution in [1.29, 1.82) is 0 Å². The Balaban J connectivity index is 1.25. The molecule has 4 rings (SSSR count). The molecule has 1 aromatic rings. The minimum absolute atomic E-state index is 0.0368. The first-order valence-corrected chi connectivity index (χ1v) is 9.85. The second-order valence-electron chi connectivity index (χ2n) is 7.92. The van der Waals surface area contributed by atoms with Crippen molar-refractivity contribution in [1.82, 2.24) is 10.2 Å². The summed E-state index contributed by atoms with van der Waals surface area (Å²) in [6.07, 6.45) is 2.59. The average Bonchev–Trinajstić information content (AvgIpc) is 3.16. The van der Waals surface area contributed by atoms with Crippen molar-refractivity contribution in [3.05, 3.63) is 46.5 Å². The highest BCUT2D eigenvalue weighted by molar-refractivity contribution is 6.00. The third-order valence-corrected chi connectivity index (χ3v) is 6.11. The maximum Gasteiger partial charge on any atom is 0.416 e. The third-order valence-electron chi connectivity index (χ3n) is 6.11. The Morgan fingerprint density at radius 2 is 1.96 bits per heavy atom. The fraction of sp³-hybridized carbons (Fsp3) is 0.571. The lowest BCUT2D eigenvalue weighted by molar-refractivity contribution is -0.137. The van der Waals surface area contributed by atoms with Crippen LogP contribution in [0.15, 0.2) is 35.4 Å². The van der Waals surface area contributed by atoms with Gasteiger partial charge in [-0.3, -0.25) is 9.69 Å². The van der Waals surface area contributed by atoms with Crippen molar-refractivity contribution in [2.75, 3.05) is 19.6 Å².